The minimum atomic E-state index is -1.42. The smallest absolute Gasteiger partial charge is 0.355 e. The van der Waals surface area contributed by atoms with Gasteiger partial charge in [-0.1, -0.05) is 0 Å². The van der Waals surface area contributed by atoms with Crippen LogP contribution in [0.25, 0.3) is 22.2 Å². The third kappa shape index (κ3) is 6.64. The van der Waals surface area contributed by atoms with Crippen LogP contribution in [0.2, 0.25) is 0 Å². The number of hydrogen-bond donors (Lipinski definition) is 2. The van der Waals surface area contributed by atoms with Crippen LogP contribution < -0.4 is 15.1 Å². The number of ether oxygens (including phenoxy) is 5. The quantitative estimate of drug-likeness (QED) is 0.166. The molecule has 1 aromatic carbocycles. The number of hydrogen-bond acceptors (Lipinski definition) is 11. The molecule has 13 nitrogen and oxygen atoms in total. The highest BCUT2D eigenvalue weighted by Gasteiger charge is 2.53. The van der Waals surface area contributed by atoms with Crippen molar-refractivity contribution in [2.24, 2.45) is 0 Å². The molecule has 0 radical (unpaired) electrons. The van der Waals surface area contributed by atoms with Gasteiger partial charge in [-0.15, -0.1) is 0 Å². The average molecular weight is 645 g/mol. The Hall–Kier alpha value is -4.98. The maximum atomic E-state index is 12.9. The molecule has 2 N–H and O–H groups in total. The van der Waals surface area contributed by atoms with Crippen molar-refractivity contribution in [1.29, 1.82) is 0 Å². The van der Waals surface area contributed by atoms with Crippen molar-refractivity contribution >= 4 is 16.9 Å². The second kappa shape index (κ2) is 13.0. The van der Waals surface area contributed by atoms with Crippen LogP contribution in [0.4, 0.5) is 0 Å². The number of aliphatic hydroxyl groups excluding tert-OH is 1. The molecule has 5 heterocycles. The fourth-order valence-corrected chi connectivity index (χ4v) is 5.71. The molecule has 1 fully saturated rings. The number of nitrogens with zero attached hydrogens (tertiary/aromatic N) is 3. The van der Waals surface area contributed by atoms with Gasteiger partial charge in [-0.2, -0.15) is 0 Å². The molecule has 6 rings (SSSR count). The van der Waals surface area contributed by atoms with Crippen LogP contribution in [0.3, 0.4) is 0 Å². The second-order valence-corrected chi connectivity index (χ2v) is 11.9. The monoisotopic (exact) mass is 644 g/mol. The Labute approximate surface area is 270 Å². The van der Waals surface area contributed by atoms with Gasteiger partial charge < -0.3 is 42.8 Å². The Morgan fingerprint density at radius 3 is 2.70 bits per heavy atom. The van der Waals surface area contributed by atoms with Gasteiger partial charge in [-0.05, 0) is 64.1 Å². The first-order valence-electron chi connectivity index (χ1n) is 15.1. The summed E-state index contributed by atoms with van der Waals surface area (Å²) in [6.45, 7) is 7.79. The normalized spacial score (nSPS) is 20.6. The van der Waals surface area contributed by atoms with E-state index in [-0.39, 0.29) is 17.9 Å². The van der Waals surface area contributed by atoms with Gasteiger partial charge in [0.25, 0.3) is 0 Å². The first-order chi connectivity index (χ1) is 22.5. The molecule has 1 aliphatic heterocycles. The standard InChI is InChI=1S/C34H36N4O9/c1-19-8-10-23(37-19)32(41)46-30-28(40)33(47-34(3,4)31(30)42-5)44-25-11-9-22-26(15-27(39)45-29(22)20(25)2)43-14-13-38-17-24(36-18-38)21-7-6-12-35-16-21/h6-12,15-18,28,30-31,33,37,40H,13-14H2,1-5H3/t28-,30+,31-,33-/m1/s1. The van der Waals surface area contributed by atoms with E-state index in [1.165, 1.54) is 13.2 Å². The Bertz CT molecular complexity index is 1930. The molecule has 4 atom stereocenters. The van der Waals surface area contributed by atoms with Crippen molar-refractivity contribution in [2.45, 2.75) is 64.4 Å². The number of aromatic amines is 1. The molecule has 0 bridgehead atoms. The van der Waals surface area contributed by atoms with Gasteiger partial charge in [0.1, 0.15) is 35.5 Å². The first kappa shape index (κ1) is 32.0. The second-order valence-electron chi connectivity index (χ2n) is 11.9. The Kier molecular flexibility index (Phi) is 8.86. The minimum Gasteiger partial charge on any atom is -0.491 e. The molecule has 0 unspecified atom stereocenters. The number of methoxy groups -OCH3 is 1. The van der Waals surface area contributed by atoms with E-state index in [4.69, 9.17) is 28.1 Å². The number of rotatable bonds is 10. The van der Waals surface area contributed by atoms with Crippen LogP contribution in [0.5, 0.6) is 11.5 Å². The van der Waals surface area contributed by atoms with E-state index in [1.807, 2.05) is 29.8 Å². The summed E-state index contributed by atoms with van der Waals surface area (Å²) in [6.07, 6.45) is 2.45. The largest absolute Gasteiger partial charge is 0.491 e. The van der Waals surface area contributed by atoms with Gasteiger partial charge in [0.05, 0.1) is 35.6 Å². The molecule has 0 aliphatic carbocycles. The number of fused-ring (bicyclic) bond motifs is 1. The van der Waals surface area contributed by atoms with E-state index in [0.29, 0.717) is 29.0 Å². The molecule has 1 saturated heterocycles. The molecule has 246 valence electrons. The number of aliphatic hydroxyl groups is 1. The fourth-order valence-electron chi connectivity index (χ4n) is 5.71. The van der Waals surface area contributed by atoms with E-state index >= 15 is 0 Å². The number of aromatic nitrogens is 4. The van der Waals surface area contributed by atoms with Crippen molar-refractivity contribution in [2.75, 3.05) is 13.7 Å². The van der Waals surface area contributed by atoms with Crippen LogP contribution in [0.1, 0.15) is 35.6 Å². The summed E-state index contributed by atoms with van der Waals surface area (Å²) in [6, 6.07) is 11.8. The number of carbonyl (C=O) groups excluding carboxylic acids is 1. The number of esters is 1. The van der Waals surface area contributed by atoms with Crippen molar-refractivity contribution in [1.82, 2.24) is 19.5 Å². The molecular weight excluding hydrogens is 608 g/mol. The Morgan fingerprint density at radius 1 is 1.15 bits per heavy atom. The highest BCUT2D eigenvalue weighted by molar-refractivity contribution is 5.88. The molecule has 4 aromatic heterocycles. The number of aryl methyl sites for hydroxylation is 2. The van der Waals surface area contributed by atoms with Crippen molar-refractivity contribution in [3.05, 3.63) is 94.8 Å². The van der Waals surface area contributed by atoms with Crippen LogP contribution in [-0.2, 0) is 20.8 Å². The third-order valence-corrected chi connectivity index (χ3v) is 8.08. The summed E-state index contributed by atoms with van der Waals surface area (Å²) in [7, 11) is 1.45. The highest BCUT2D eigenvalue weighted by atomic mass is 16.7. The molecule has 13 heteroatoms. The fraction of sp³-hybridized carbons (Fsp3) is 0.353. The third-order valence-electron chi connectivity index (χ3n) is 8.08. The molecule has 0 spiro atoms. The zero-order chi connectivity index (χ0) is 33.3. The molecule has 0 amide bonds. The molecule has 1 aliphatic rings. The maximum absolute atomic E-state index is 12.9. The summed E-state index contributed by atoms with van der Waals surface area (Å²) in [5.74, 6) is -0.0122. The van der Waals surface area contributed by atoms with Gasteiger partial charge in [0.15, 0.2) is 12.2 Å². The predicted molar refractivity (Wildman–Crippen MR) is 169 cm³/mol. The van der Waals surface area contributed by atoms with Gasteiger partial charge in [0, 0.05) is 42.5 Å². The number of carbonyl (C=O) groups is 1. The summed E-state index contributed by atoms with van der Waals surface area (Å²) >= 11 is 0. The molecule has 5 aromatic rings. The lowest BCUT2D eigenvalue weighted by molar-refractivity contribution is -0.305. The van der Waals surface area contributed by atoms with E-state index < -0.39 is 41.8 Å². The van der Waals surface area contributed by atoms with E-state index in [1.54, 1.807) is 63.8 Å². The summed E-state index contributed by atoms with van der Waals surface area (Å²) in [5.41, 5.74) is 1.85. The highest BCUT2D eigenvalue weighted by Crippen LogP contribution is 2.37. The van der Waals surface area contributed by atoms with Crippen molar-refractivity contribution < 1.29 is 38.0 Å². The van der Waals surface area contributed by atoms with E-state index in [0.717, 1.165) is 17.0 Å². The minimum absolute atomic E-state index is 0.240. The van der Waals surface area contributed by atoms with Gasteiger partial charge >= 0.3 is 11.6 Å². The summed E-state index contributed by atoms with van der Waals surface area (Å²) in [4.78, 5) is 37.0. The molecule has 47 heavy (non-hydrogen) atoms. The topological polar surface area (TPSA) is 160 Å². The first-order valence-corrected chi connectivity index (χ1v) is 15.1. The van der Waals surface area contributed by atoms with Gasteiger partial charge in [0.2, 0.25) is 6.29 Å². The lowest BCUT2D eigenvalue weighted by Crippen LogP contribution is -2.65. The average Bonchev–Trinajstić information content (AvgIpc) is 3.71. The van der Waals surface area contributed by atoms with Crippen LogP contribution in [0, 0.1) is 13.8 Å². The zero-order valence-corrected chi connectivity index (χ0v) is 26.6. The van der Waals surface area contributed by atoms with Crippen molar-refractivity contribution in [3.8, 4) is 22.8 Å². The van der Waals surface area contributed by atoms with Crippen LogP contribution >= 0.6 is 0 Å². The number of pyridine rings is 1. The van der Waals surface area contributed by atoms with Gasteiger partial charge in [-0.25, -0.2) is 14.6 Å². The summed E-state index contributed by atoms with van der Waals surface area (Å²) in [5, 5.41) is 11.9. The van der Waals surface area contributed by atoms with E-state index in [9.17, 15) is 14.7 Å². The maximum Gasteiger partial charge on any atom is 0.355 e. The zero-order valence-electron chi connectivity index (χ0n) is 26.6. The summed E-state index contributed by atoms with van der Waals surface area (Å²) < 4.78 is 37.2. The molecule has 0 saturated carbocycles. The predicted octanol–water partition coefficient (Wildman–Crippen LogP) is 4.19. The SMILES string of the molecule is CO[C@@H]1[C@@H](OC(=O)c2ccc(C)[nH]2)[C@@H](O)[C@H](Oc2ccc3c(OCCn4cnc(-c5cccnc5)c4)cc(=O)oc3c2C)OC1(C)C. The Balaban J connectivity index is 1.19. The number of benzene rings is 1. The lowest BCUT2D eigenvalue weighted by Gasteiger charge is -2.47. The lowest BCUT2D eigenvalue weighted by atomic mass is 9.89. The molecular formula is C34H36N4O9. The van der Waals surface area contributed by atoms with Crippen molar-refractivity contribution in [3.63, 3.8) is 0 Å². The number of nitrogens with one attached hydrogen (secondary N) is 1. The number of H-pyrrole nitrogens is 1. The van der Waals surface area contributed by atoms with Gasteiger partial charge in [-0.3, -0.25) is 4.98 Å². The van der Waals surface area contributed by atoms with Crippen LogP contribution in [0.15, 0.2) is 76.6 Å². The van der Waals surface area contributed by atoms with E-state index in [2.05, 4.69) is 15.0 Å². The Morgan fingerprint density at radius 2 is 1.98 bits per heavy atom. The number of imidazole rings is 1. The van der Waals surface area contributed by atoms with Crippen LogP contribution in [-0.4, -0.2) is 74.5 Å².